The van der Waals surface area contributed by atoms with E-state index in [4.69, 9.17) is 0 Å². The van der Waals surface area contributed by atoms with Crippen molar-refractivity contribution in [1.82, 2.24) is 20.5 Å². The summed E-state index contributed by atoms with van der Waals surface area (Å²) in [5.41, 5.74) is 1.68. The average molecular weight is 350 g/mol. The van der Waals surface area contributed by atoms with Gasteiger partial charge in [-0.25, -0.2) is 4.63 Å². The van der Waals surface area contributed by atoms with Crippen LogP contribution in [0.1, 0.15) is 28.2 Å². The van der Waals surface area contributed by atoms with Crippen molar-refractivity contribution in [3.63, 3.8) is 0 Å². The maximum absolute atomic E-state index is 12.4. The first-order valence-corrected chi connectivity index (χ1v) is 8.46. The van der Waals surface area contributed by atoms with E-state index in [0.717, 1.165) is 16.3 Å². The van der Waals surface area contributed by atoms with E-state index in [9.17, 15) is 9.59 Å². The second-order valence-corrected chi connectivity index (χ2v) is 6.49. The molecule has 1 saturated heterocycles. The Labute approximate surface area is 149 Å². The summed E-state index contributed by atoms with van der Waals surface area (Å²) in [5.74, 6) is -0.341. The van der Waals surface area contributed by atoms with Crippen LogP contribution >= 0.6 is 0 Å². The van der Waals surface area contributed by atoms with E-state index in [1.165, 1.54) is 0 Å². The molecule has 7 nitrogen and oxygen atoms in total. The zero-order valence-corrected chi connectivity index (χ0v) is 14.3. The van der Waals surface area contributed by atoms with Crippen molar-refractivity contribution in [1.29, 1.82) is 0 Å². The molecular weight excluding hydrogens is 332 g/mol. The largest absolute Gasteiger partial charge is 0.345 e. The molecule has 1 aromatic heterocycles. The molecule has 1 fully saturated rings. The van der Waals surface area contributed by atoms with E-state index in [1.54, 1.807) is 11.8 Å². The van der Waals surface area contributed by atoms with Gasteiger partial charge in [0, 0.05) is 19.5 Å². The summed E-state index contributed by atoms with van der Waals surface area (Å²) >= 11 is 0. The standard InChI is InChI=1S/C19H18N4O3/c1-12-18(22-26-21-12)19(25)20-15-9-17(24)23(11-15)10-14-7-4-6-13-5-2-3-8-16(13)14/h2-8,15H,9-11H2,1H3,(H,20,25)/t15-/m0/s1. The number of rotatable bonds is 4. The fourth-order valence-corrected chi connectivity index (χ4v) is 3.35. The lowest BCUT2D eigenvalue weighted by Crippen LogP contribution is -2.37. The van der Waals surface area contributed by atoms with E-state index in [2.05, 4.69) is 38.5 Å². The van der Waals surface area contributed by atoms with Crippen molar-refractivity contribution in [2.75, 3.05) is 6.54 Å². The van der Waals surface area contributed by atoms with Crippen molar-refractivity contribution in [3.05, 3.63) is 59.4 Å². The van der Waals surface area contributed by atoms with Crippen LogP contribution in [0.25, 0.3) is 10.8 Å². The van der Waals surface area contributed by atoms with Crippen molar-refractivity contribution in [3.8, 4) is 0 Å². The lowest BCUT2D eigenvalue weighted by Gasteiger charge is -2.18. The van der Waals surface area contributed by atoms with Crippen molar-refractivity contribution in [2.45, 2.75) is 25.9 Å². The molecule has 1 aliphatic heterocycles. The van der Waals surface area contributed by atoms with Gasteiger partial charge in [-0.2, -0.15) is 0 Å². The molecule has 7 heteroatoms. The van der Waals surface area contributed by atoms with Crippen LogP contribution in [0.3, 0.4) is 0 Å². The number of hydrogen-bond donors (Lipinski definition) is 1. The summed E-state index contributed by atoms with van der Waals surface area (Å²) in [6.07, 6.45) is 0.279. The maximum Gasteiger partial charge on any atom is 0.275 e. The minimum absolute atomic E-state index is 0.0261. The number of amides is 2. The smallest absolute Gasteiger partial charge is 0.275 e. The van der Waals surface area contributed by atoms with Crippen LogP contribution in [0.2, 0.25) is 0 Å². The highest BCUT2D eigenvalue weighted by Gasteiger charge is 2.31. The lowest BCUT2D eigenvalue weighted by atomic mass is 10.0. The predicted molar refractivity (Wildman–Crippen MR) is 94.3 cm³/mol. The lowest BCUT2D eigenvalue weighted by molar-refractivity contribution is -0.128. The Kier molecular flexibility index (Phi) is 4.12. The summed E-state index contributed by atoms with van der Waals surface area (Å²) in [7, 11) is 0. The molecule has 132 valence electrons. The molecule has 4 rings (SSSR count). The Balaban J connectivity index is 1.46. The third kappa shape index (κ3) is 3.03. The van der Waals surface area contributed by atoms with Crippen LogP contribution in [-0.2, 0) is 11.3 Å². The number of hydrogen-bond acceptors (Lipinski definition) is 5. The first kappa shape index (κ1) is 16.3. The highest BCUT2D eigenvalue weighted by atomic mass is 16.6. The first-order chi connectivity index (χ1) is 12.6. The number of likely N-dealkylation sites (tertiary alicyclic amines) is 1. The number of carbonyl (C=O) groups excluding carboxylic acids is 2. The molecule has 0 saturated carbocycles. The number of benzene rings is 2. The molecule has 1 aliphatic rings. The van der Waals surface area contributed by atoms with Gasteiger partial charge in [-0.05, 0) is 28.4 Å². The fraction of sp³-hybridized carbons (Fsp3) is 0.263. The number of aromatic nitrogens is 2. The van der Waals surface area contributed by atoms with Gasteiger partial charge in [-0.1, -0.05) is 47.6 Å². The van der Waals surface area contributed by atoms with Crippen LogP contribution in [0.4, 0.5) is 0 Å². The SMILES string of the molecule is Cc1nonc1C(=O)N[C@H]1CC(=O)N(Cc2cccc3ccccc23)C1. The summed E-state index contributed by atoms with van der Waals surface area (Å²) in [6, 6.07) is 14.0. The number of fused-ring (bicyclic) bond motifs is 1. The Morgan fingerprint density at radius 2 is 2.04 bits per heavy atom. The molecule has 0 radical (unpaired) electrons. The summed E-state index contributed by atoms with van der Waals surface area (Å²) in [4.78, 5) is 26.4. The van der Waals surface area contributed by atoms with Crippen LogP contribution in [0.5, 0.6) is 0 Å². The molecule has 26 heavy (non-hydrogen) atoms. The van der Waals surface area contributed by atoms with Crippen LogP contribution in [-0.4, -0.2) is 39.6 Å². The third-order valence-corrected chi connectivity index (χ3v) is 4.66. The Hall–Kier alpha value is -3.22. The number of carbonyl (C=O) groups is 2. The molecule has 0 bridgehead atoms. The first-order valence-electron chi connectivity index (χ1n) is 8.46. The monoisotopic (exact) mass is 350 g/mol. The van der Waals surface area contributed by atoms with Gasteiger partial charge in [-0.3, -0.25) is 9.59 Å². The third-order valence-electron chi connectivity index (χ3n) is 4.66. The topological polar surface area (TPSA) is 88.3 Å². The summed E-state index contributed by atoms with van der Waals surface area (Å²) in [5, 5.41) is 12.3. The minimum atomic E-state index is -0.367. The molecule has 0 aliphatic carbocycles. The molecule has 1 atom stereocenters. The highest BCUT2D eigenvalue weighted by molar-refractivity contribution is 5.94. The molecular formula is C19H18N4O3. The molecule has 0 unspecified atom stereocenters. The highest BCUT2D eigenvalue weighted by Crippen LogP contribution is 2.22. The number of aryl methyl sites for hydroxylation is 1. The molecule has 3 aromatic rings. The van der Waals surface area contributed by atoms with E-state index in [0.29, 0.717) is 18.8 Å². The van der Waals surface area contributed by atoms with Gasteiger partial charge >= 0.3 is 0 Å². The normalized spacial score (nSPS) is 17.0. The predicted octanol–water partition coefficient (Wildman–Crippen LogP) is 2.06. The van der Waals surface area contributed by atoms with E-state index >= 15 is 0 Å². The van der Waals surface area contributed by atoms with Crippen LogP contribution in [0.15, 0.2) is 47.1 Å². The van der Waals surface area contributed by atoms with Gasteiger partial charge in [0.25, 0.3) is 5.91 Å². The van der Waals surface area contributed by atoms with Crippen LogP contribution < -0.4 is 5.32 Å². The Morgan fingerprint density at radius 1 is 1.23 bits per heavy atom. The second-order valence-electron chi connectivity index (χ2n) is 6.49. The van der Waals surface area contributed by atoms with E-state index in [1.807, 2.05) is 24.3 Å². The van der Waals surface area contributed by atoms with E-state index in [-0.39, 0.29) is 30.0 Å². The molecule has 1 N–H and O–H groups in total. The van der Waals surface area contributed by atoms with Gasteiger partial charge in [0.05, 0.1) is 6.04 Å². The van der Waals surface area contributed by atoms with Gasteiger partial charge in [0.15, 0.2) is 5.69 Å². The number of nitrogens with zero attached hydrogens (tertiary/aromatic N) is 3. The second kappa shape index (κ2) is 6.59. The molecule has 2 amide bonds. The van der Waals surface area contributed by atoms with Crippen molar-refractivity contribution in [2.24, 2.45) is 0 Å². The summed E-state index contributed by atoms with van der Waals surface area (Å²) < 4.78 is 4.55. The quantitative estimate of drug-likeness (QED) is 0.778. The van der Waals surface area contributed by atoms with Gasteiger partial charge in [0.1, 0.15) is 5.69 Å². The minimum Gasteiger partial charge on any atom is -0.345 e. The zero-order valence-electron chi connectivity index (χ0n) is 14.3. The average Bonchev–Trinajstić information content (AvgIpc) is 3.21. The fourth-order valence-electron chi connectivity index (χ4n) is 3.35. The van der Waals surface area contributed by atoms with Crippen molar-refractivity contribution < 1.29 is 14.2 Å². The van der Waals surface area contributed by atoms with Gasteiger partial charge < -0.3 is 10.2 Å². The molecule has 0 spiro atoms. The molecule has 2 heterocycles. The molecule has 2 aromatic carbocycles. The van der Waals surface area contributed by atoms with E-state index < -0.39 is 0 Å². The van der Waals surface area contributed by atoms with Crippen molar-refractivity contribution >= 4 is 22.6 Å². The van der Waals surface area contributed by atoms with Gasteiger partial charge in [0.2, 0.25) is 5.91 Å². The summed E-state index contributed by atoms with van der Waals surface area (Å²) in [6.45, 7) is 2.65. The number of nitrogens with one attached hydrogen (secondary N) is 1. The Bertz CT molecular complexity index is 976. The zero-order chi connectivity index (χ0) is 18.1. The van der Waals surface area contributed by atoms with Crippen LogP contribution in [0, 0.1) is 6.92 Å². The maximum atomic E-state index is 12.4. The van der Waals surface area contributed by atoms with Gasteiger partial charge in [-0.15, -0.1) is 0 Å². The Morgan fingerprint density at radius 3 is 2.85 bits per heavy atom.